The first-order chi connectivity index (χ1) is 7.93. The van der Waals surface area contributed by atoms with Crippen LogP contribution < -0.4 is 0 Å². The van der Waals surface area contributed by atoms with Gasteiger partial charge in [-0.15, -0.1) is 0 Å². The van der Waals surface area contributed by atoms with Crippen molar-refractivity contribution in [2.75, 3.05) is 7.05 Å². The molecule has 2 atom stereocenters. The number of ether oxygens (including phenoxy) is 1. The Morgan fingerprint density at radius 1 is 1.35 bits per heavy atom. The molecular formula is C13H17NO3. The molecule has 2 unspecified atom stereocenters. The summed E-state index contributed by atoms with van der Waals surface area (Å²) in [7, 11) is 1.89. The maximum atomic E-state index is 11.3. The highest BCUT2D eigenvalue weighted by molar-refractivity contribution is 5.74. The number of nitrogens with zero attached hydrogens (tertiary/aromatic N) is 1. The second kappa shape index (κ2) is 4.13. The molecule has 1 saturated heterocycles. The van der Waals surface area contributed by atoms with Gasteiger partial charge in [-0.1, -0.05) is 30.3 Å². The Morgan fingerprint density at radius 3 is 2.47 bits per heavy atom. The minimum Gasteiger partial charge on any atom is -0.479 e. The second-order valence-electron chi connectivity index (χ2n) is 4.79. The van der Waals surface area contributed by atoms with E-state index in [1.165, 1.54) is 0 Å². The van der Waals surface area contributed by atoms with Gasteiger partial charge in [0.2, 0.25) is 0 Å². The molecule has 0 radical (unpaired) electrons. The molecule has 2 rings (SSSR count). The zero-order valence-electron chi connectivity index (χ0n) is 10.3. The molecular weight excluding hydrogens is 218 g/mol. The maximum Gasteiger partial charge on any atom is 0.334 e. The first-order valence-electron chi connectivity index (χ1n) is 5.62. The highest BCUT2D eigenvalue weighted by Crippen LogP contribution is 2.39. The Morgan fingerprint density at radius 2 is 1.94 bits per heavy atom. The predicted molar refractivity (Wildman–Crippen MR) is 63.5 cm³/mol. The molecule has 0 spiro atoms. The van der Waals surface area contributed by atoms with Gasteiger partial charge in [0.1, 0.15) is 5.72 Å². The average Bonchev–Trinajstić information content (AvgIpc) is 2.52. The zero-order chi connectivity index (χ0) is 12.6. The minimum atomic E-state index is -0.920. The molecule has 1 aliphatic rings. The Kier molecular flexibility index (Phi) is 2.93. The fourth-order valence-electron chi connectivity index (χ4n) is 2.23. The van der Waals surface area contributed by atoms with Gasteiger partial charge in [-0.2, -0.15) is 0 Å². The number of benzene rings is 1. The highest BCUT2D eigenvalue weighted by Gasteiger charge is 2.49. The summed E-state index contributed by atoms with van der Waals surface area (Å²) in [6.45, 7) is 3.76. The summed E-state index contributed by atoms with van der Waals surface area (Å²) in [6, 6.07) is 9.36. The molecule has 0 bridgehead atoms. The van der Waals surface area contributed by atoms with Gasteiger partial charge in [-0.3, -0.25) is 4.90 Å². The number of carboxylic acid groups (broad SMARTS) is 1. The summed E-state index contributed by atoms with van der Waals surface area (Å²) >= 11 is 0. The molecule has 1 fully saturated rings. The van der Waals surface area contributed by atoms with Crippen LogP contribution in [-0.2, 0) is 9.53 Å². The van der Waals surface area contributed by atoms with E-state index in [4.69, 9.17) is 4.74 Å². The summed E-state index contributed by atoms with van der Waals surface area (Å²) < 4.78 is 5.62. The first-order valence-corrected chi connectivity index (χ1v) is 5.62. The summed E-state index contributed by atoms with van der Waals surface area (Å²) in [5.41, 5.74) is 0.400. The number of aliphatic carboxylic acids is 1. The number of likely N-dealkylation sites (N-methyl/N-ethyl adjacent to an activating group) is 1. The summed E-state index contributed by atoms with van der Waals surface area (Å²) in [5.74, 6) is -0.920. The molecule has 0 aliphatic carbocycles. The van der Waals surface area contributed by atoms with Crippen LogP contribution in [0.5, 0.6) is 0 Å². The van der Waals surface area contributed by atoms with E-state index in [1.54, 1.807) is 0 Å². The third-order valence-corrected chi connectivity index (χ3v) is 3.35. The summed E-state index contributed by atoms with van der Waals surface area (Å²) in [4.78, 5) is 13.2. The van der Waals surface area contributed by atoms with Crippen LogP contribution >= 0.6 is 0 Å². The van der Waals surface area contributed by atoms with E-state index in [-0.39, 0.29) is 6.04 Å². The van der Waals surface area contributed by atoms with Gasteiger partial charge in [-0.25, -0.2) is 4.79 Å². The monoisotopic (exact) mass is 235 g/mol. The molecule has 0 aromatic heterocycles. The lowest BCUT2D eigenvalue weighted by Crippen LogP contribution is -2.37. The molecule has 0 amide bonds. The molecule has 1 aromatic rings. The number of hydrogen-bond acceptors (Lipinski definition) is 3. The largest absolute Gasteiger partial charge is 0.479 e. The van der Waals surface area contributed by atoms with E-state index < -0.39 is 17.8 Å². The summed E-state index contributed by atoms with van der Waals surface area (Å²) in [6.07, 6.45) is -0.822. The van der Waals surface area contributed by atoms with Crippen LogP contribution in [0.25, 0.3) is 0 Å². The van der Waals surface area contributed by atoms with Gasteiger partial charge in [0.25, 0.3) is 0 Å². The van der Waals surface area contributed by atoms with Crippen LogP contribution in [0.4, 0.5) is 0 Å². The van der Waals surface area contributed by atoms with Crippen molar-refractivity contribution in [3.63, 3.8) is 0 Å². The lowest BCUT2D eigenvalue weighted by atomic mass is 10.0. The Labute approximate surface area is 101 Å². The Balaban J connectivity index is 2.39. The van der Waals surface area contributed by atoms with Crippen molar-refractivity contribution in [2.45, 2.75) is 31.7 Å². The lowest BCUT2D eigenvalue weighted by Gasteiger charge is -2.29. The maximum absolute atomic E-state index is 11.3. The van der Waals surface area contributed by atoms with Crippen molar-refractivity contribution < 1.29 is 14.6 Å². The van der Waals surface area contributed by atoms with E-state index >= 15 is 0 Å². The Bertz CT molecular complexity index is 416. The average molecular weight is 235 g/mol. The molecule has 1 aliphatic heterocycles. The number of rotatable bonds is 2. The van der Waals surface area contributed by atoms with Crippen LogP contribution in [0.15, 0.2) is 30.3 Å². The summed E-state index contributed by atoms with van der Waals surface area (Å²) in [5, 5.41) is 9.24. The zero-order valence-corrected chi connectivity index (χ0v) is 10.3. The highest BCUT2D eigenvalue weighted by atomic mass is 16.6. The normalized spacial score (nSPS) is 28.2. The predicted octanol–water partition coefficient (Wildman–Crippen LogP) is 1.88. The van der Waals surface area contributed by atoms with Crippen LogP contribution in [0, 0.1) is 0 Å². The molecule has 1 N–H and O–H groups in total. The van der Waals surface area contributed by atoms with Crippen molar-refractivity contribution in [1.29, 1.82) is 0 Å². The van der Waals surface area contributed by atoms with E-state index in [2.05, 4.69) is 0 Å². The molecule has 1 aromatic carbocycles. The minimum absolute atomic E-state index is 0.247. The van der Waals surface area contributed by atoms with Gasteiger partial charge in [-0.05, 0) is 26.5 Å². The van der Waals surface area contributed by atoms with Gasteiger partial charge in [0.15, 0.2) is 6.10 Å². The van der Waals surface area contributed by atoms with Crippen LogP contribution in [-0.4, -0.2) is 34.9 Å². The third kappa shape index (κ3) is 2.06. The molecule has 92 valence electrons. The Hall–Kier alpha value is -1.39. The molecule has 4 heteroatoms. The number of carbonyl (C=O) groups is 1. The van der Waals surface area contributed by atoms with Crippen molar-refractivity contribution in [2.24, 2.45) is 0 Å². The van der Waals surface area contributed by atoms with Crippen LogP contribution in [0.3, 0.4) is 0 Å². The SMILES string of the molecule is CN1C(c2ccccc2)C(C(=O)O)OC1(C)C. The van der Waals surface area contributed by atoms with Crippen molar-refractivity contribution in [3.05, 3.63) is 35.9 Å². The number of carboxylic acids is 1. The van der Waals surface area contributed by atoms with Crippen molar-refractivity contribution in [1.82, 2.24) is 4.90 Å². The number of hydrogen-bond donors (Lipinski definition) is 1. The quantitative estimate of drug-likeness (QED) is 0.850. The molecule has 4 nitrogen and oxygen atoms in total. The van der Waals surface area contributed by atoms with Crippen LogP contribution in [0.2, 0.25) is 0 Å². The molecule has 1 heterocycles. The van der Waals surface area contributed by atoms with E-state index in [9.17, 15) is 9.90 Å². The van der Waals surface area contributed by atoms with Crippen molar-refractivity contribution in [3.8, 4) is 0 Å². The fourth-order valence-corrected chi connectivity index (χ4v) is 2.23. The third-order valence-electron chi connectivity index (χ3n) is 3.35. The van der Waals surface area contributed by atoms with E-state index in [0.717, 1.165) is 5.56 Å². The smallest absolute Gasteiger partial charge is 0.334 e. The molecule has 0 saturated carbocycles. The first kappa shape index (κ1) is 12.1. The van der Waals surface area contributed by atoms with Gasteiger partial charge in [0, 0.05) is 0 Å². The fraction of sp³-hybridized carbons (Fsp3) is 0.462. The van der Waals surface area contributed by atoms with E-state index in [1.807, 2.05) is 56.1 Å². The van der Waals surface area contributed by atoms with Gasteiger partial charge >= 0.3 is 5.97 Å². The standard InChI is InChI=1S/C13H17NO3/c1-13(2)14(3)10(11(17-13)12(15)16)9-7-5-4-6-8-9/h4-8,10-11H,1-3H3,(H,15,16). The topological polar surface area (TPSA) is 49.8 Å². The van der Waals surface area contributed by atoms with Gasteiger partial charge < -0.3 is 9.84 Å². The molecule has 17 heavy (non-hydrogen) atoms. The van der Waals surface area contributed by atoms with Crippen LogP contribution in [0.1, 0.15) is 25.5 Å². The van der Waals surface area contributed by atoms with E-state index in [0.29, 0.717) is 0 Å². The van der Waals surface area contributed by atoms with Gasteiger partial charge in [0.05, 0.1) is 6.04 Å². The second-order valence-corrected chi connectivity index (χ2v) is 4.79. The lowest BCUT2D eigenvalue weighted by molar-refractivity contribution is -0.155. The van der Waals surface area contributed by atoms with Crippen molar-refractivity contribution >= 4 is 5.97 Å².